The minimum Gasteiger partial charge on any atom is -0.410 e. The maximum absolute atomic E-state index is 12.3. The number of rotatable bonds is 6. The molecular weight excluding hydrogens is 518 g/mol. The molecule has 3 aliphatic rings. The van der Waals surface area contributed by atoms with Crippen molar-refractivity contribution in [1.82, 2.24) is 4.98 Å². The first kappa shape index (κ1) is 30.7. The van der Waals surface area contributed by atoms with E-state index in [1.165, 1.54) is 53.6 Å². The maximum atomic E-state index is 12.3. The van der Waals surface area contributed by atoms with Gasteiger partial charge in [-0.05, 0) is 102 Å². The van der Waals surface area contributed by atoms with Crippen LogP contribution in [-0.4, -0.2) is 18.4 Å². The molecule has 0 aliphatic heterocycles. The van der Waals surface area contributed by atoms with Crippen molar-refractivity contribution in [2.45, 2.75) is 148 Å². The highest BCUT2D eigenvalue weighted by atomic mass is 28.4. The van der Waals surface area contributed by atoms with E-state index in [2.05, 4.69) is 98.8 Å². The number of benzene rings is 1. The van der Waals surface area contributed by atoms with Crippen LogP contribution in [0.2, 0.25) is 18.1 Å². The molecule has 1 aromatic carbocycles. The predicted octanol–water partition coefficient (Wildman–Crippen LogP) is 10.3. The summed E-state index contributed by atoms with van der Waals surface area (Å²) >= 11 is 0. The summed E-state index contributed by atoms with van der Waals surface area (Å²) in [5.74, 6) is 0.221. The van der Waals surface area contributed by atoms with E-state index in [0.29, 0.717) is 5.41 Å². The summed E-state index contributed by atoms with van der Waals surface area (Å²) in [6.45, 7) is 23.0. The second-order valence-electron chi connectivity index (χ2n) is 16.3. The first-order valence-corrected chi connectivity index (χ1v) is 19.2. The Morgan fingerprint density at radius 1 is 1.00 bits per heavy atom. The second kappa shape index (κ2) is 10.8. The molecule has 1 heterocycles. The second-order valence-corrected chi connectivity index (χ2v) is 21.1. The lowest BCUT2D eigenvalue weighted by atomic mass is 9.59. The van der Waals surface area contributed by atoms with Gasteiger partial charge in [0.05, 0.1) is 6.10 Å². The third-order valence-electron chi connectivity index (χ3n) is 10.8. The van der Waals surface area contributed by atoms with E-state index >= 15 is 0 Å². The van der Waals surface area contributed by atoms with E-state index in [9.17, 15) is 5.11 Å². The van der Waals surface area contributed by atoms with Crippen LogP contribution in [0.5, 0.6) is 0 Å². The zero-order chi connectivity index (χ0) is 30.0. The molecule has 5 rings (SSSR count). The molecule has 1 spiro atoms. The number of nitrogens with zero attached hydrogens (tertiary/aromatic N) is 1. The number of aliphatic hydroxyl groups excluding tert-OH is 1. The number of hydrogen-bond donors (Lipinski definition) is 1. The minimum atomic E-state index is -2.05. The Labute approximate surface area is 251 Å². The number of pyridine rings is 1. The van der Waals surface area contributed by atoms with Crippen LogP contribution in [0.1, 0.15) is 158 Å². The largest absolute Gasteiger partial charge is 0.410 e. The molecule has 2 unspecified atom stereocenters. The standard InChI is InChI=1S/C37H55NO2Si/c1-24(2)33-32(34(39)26-16-18-27(19-17-26)35(3,4)5)30(25-14-11-12-15-25)31-28(38-33)22-37(20-13-21-37)23-29(31)40-41(9,10)36(6,7)8/h14,16-19,24,29,34,39H,11-13,15,20-23H2,1-10H3. The average Bonchev–Trinajstić information content (AvgIpc) is 3.39. The van der Waals surface area contributed by atoms with Crippen molar-refractivity contribution < 1.29 is 9.53 Å². The van der Waals surface area contributed by atoms with Crippen molar-refractivity contribution in [3.8, 4) is 0 Å². The Bertz CT molecular complexity index is 1300. The highest BCUT2D eigenvalue weighted by molar-refractivity contribution is 6.74. The highest BCUT2D eigenvalue weighted by Gasteiger charge is 2.49. The van der Waals surface area contributed by atoms with Gasteiger partial charge in [0, 0.05) is 22.5 Å². The van der Waals surface area contributed by atoms with E-state index in [1.807, 2.05) is 0 Å². The lowest BCUT2D eigenvalue weighted by Gasteiger charge is -2.51. The third kappa shape index (κ3) is 5.78. The lowest BCUT2D eigenvalue weighted by molar-refractivity contribution is 0.0296. The highest BCUT2D eigenvalue weighted by Crippen LogP contribution is 2.58. The molecular formula is C37H55NO2Si. The van der Waals surface area contributed by atoms with Crippen molar-refractivity contribution in [3.05, 3.63) is 69.5 Å². The Balaban J connectivity index is 1.73. The molecule has 1 fully saturated rings. The van der Waals surface area contributed by atoms with Crippen molar-refractivity contribution in [3.63, 3.8) is 0 Å². The fraction of sp³-hybridized carbons (Fsp3) is 0.649. The summed E-state index contributed by atoms with van der Waals surface area (Å²) < 4.78 is 7.39. The van der Waals surface area contributed by atoms with E-state index in [0.717, 1.165) is 42.5 Å². The molecule has 1 aromatic heterocycles. The first-order chi connectivity index (χ1) is 19.0. The van der Waals surface area contributed by atoms with Crippen molar-refractivity contribution in [2.24, 2.45) is 5.41 Å². The first-order valence-electron chi connectivity index (χ1n) is 16.3. The van der Waals surface area contributed by atoms with Crippen molar-refractivity contribution >= 4 is 13.9 Å². The summed E-state index contributed by atoms with van der Waals surface area (Å²) in [5, 5.41) is 12.4. The van der Waals surface area contributed by atoms with Crippen molar-refractivity contribution in [2.75, 3.05) is 0 Å². The molecule has 3 nitrogen and oxygen atoms in total. The van der Waals surface area contributed by atoms with Gasteiger partial charge in [-0.25, -0.2) is 0 Å². The summed E-state index contributed by atoms with van der Waals surface area (Å²) in [5.41, 5.74) is 9.99. The van der Waals surface area contributed by atoms with Crippen LogP contribution in [-0.2, 0) is 16.3 Å². The molecule has 224 valence electrons. The summed E-state index contributed by atoms with van der Waals surface area (Å²) in [6, 6.07) is 8.65. The normalized spacial score (nSPS) is 21.6. The molecule has 3 aliphatic carbocycles. The Kier molecular flexibility index (Phi) is 8.05. The zero-order valence-electron chi connectivity index (χ0n) is 27.6. The van der Waals surface area contributed by atoms with Crippen LogP contribution < -0.4 is 0 Å². The fourth-order valence-electron chi connectivity index (χ4n) is 7.07. The Hall–Kier alpha value is -1.75. The van der Waals surface area contributed by atoms with Gasteiger partial charge in [0.1, 0.15) is 6.10 Å². The van der Waals surface area contributed by atoms with Crippen LogP contribution in [0.15, 0.2) is 30.3 Å². The van der Waals surface area contributed by atoms with E-state index in [1.54, 1.807) is 0 Å². The van der Waals surface area contributed by atoms with Gasteiger partial charge in [-0.1, -0.05) is 92.2 Å². The molecule has 0 amide bonds. The summed E-state index contributed by atoms with van der Waals surface area (Å²) in [6.07, 6.45) is 11.1. The van der Waals surface area contributed by atoms with Gasteiger partial charge < -0.3 is 9.53 Å². The number of fused-ring (bicyclic) bond motifs is 1. The van der Waals surface area contributed by atoms with Crippen LogP contribution in [0.3, 0.4) is 0 Å². The number of hydrogen-bond acceptors (Lipinski definition) is 3. The molecule has 1 N–H and O–H groups in total. The monoisotopic (exact) mass is 573 g/mol. The average molecular weight is 574 g/mol. The predicted molar refractivity (Wildman–Crippen MR) is 175 cm³/mol. The van der Waals surface area contributed by atoms with Crippen molar-refractivity contribution in [1.29, 1.82) is 0 Å². The van der Waals surface area contributed by atoms with E-state index < -0.39 is 14.4 Å². The molecule has 0 radical (unpaired) electrons. The molecule has 0 saturated heterocycles. The zero-order valence-corrected chi connectivity index (χ0v) is 28.6. The van der Waals surface area contributed by atoms with E-state index in [-0.39, 0.29) is 22.5 Å². The quantitative estimate of drug-likeness (QED) is 0.350. The molecule has 41 heavy (non-hydrogen) atoms. The summed E-state index contributed by atoms with van der Waals surface area (Å²) in [4.78, 5) is 5.52. The van der Waals surface area contributed by atoms with Gasteiger partial charge in [-0.15, -0.1) is 0 Å². The Morgan fingerprint density at radius 2 is 1.66 bits per heavy atom. The molecule has 0 bridgehead atoms. The van der Waals surface area contributed by atoms with Crippen LogP contribution in [0, 0.1) is 5.41 Å². The molecule has 1 saturated carbocycles. The van der Waals surface area contributed by atoms with Gasteiger partial charge >= 0.3 is 0 Å². The number of aliphatic hydroxyl groups is 1. The Morgan fingerprint density at radius 3 is 2.15 bits per heavy atom. The maximum Gasteiger partial charge on any atom is 0.192 e. The van der Waals surface area contributed by atoms with Crippen LogP contribution >= 0.6 is 0 Å². The van der Waals surface area contributed by atoms with Gasteiger partial charge in [0.15, 0.2) is 8.32 Å². The topological polar surface area (TPSA) is 42.4 Å². The number of allylic oxidation sites excluding steroid dienone is 2. The van der Waals surface area contributed by atoms with Gasteiger partial charge in [-0.3, -0.25) is 4.98 Å². The molecule has 2 aromatic rings. The van der Waals surface area contributed by atoms with E-state index in [4.69, 9.17) is 9.41 Å². The third-order valence-corrected chi connectivity index (χ3v) is 15.3. The smallest absolute Gasteiger partial charge is 0.192 e. The van der Waals surface area contributed by atoms with Crippen LogP contribution in [0.25, 0.3) is 5.57 Å². The molecule has 4 heteroatoms. The number of aromatic nitrogens is 1. The van der Waals surface area contributed by atoms with Gasteiger partial charge in [0.25, 0.3) is 0 Å². The fourth-order valence-corrected chi connectivity index (χ4v) is 8.34. The van der Waals surface area contributed by atoms with Gasteiger partial charge in [0.2, 0.25) is 0 Å². The van der Waals surface area contributed by atoms with Gasteiger partial charge in [-0.2, -0.15) is 0 Å². The van der Waals surface area contributed by atoms with Crippen LogP contribution in [0.4, 0.5) is 0 Å². The SMILES string of the molecule is CC(C)c1nc2c(c(C3=CCCC3)c1C(O)c1ccc(C(C)(C)C)cc1)C(O[Si](C)(C)C(C)(C)C)CC1(CCC1)C2. The lowest BCUT2D eigenvalue weighted by Crippen LogP contribution is -2.46. The summed E-state index contributed by atoms with van der Waals surface area (Å²) in [7, 11) is -2.05. The molecule has 2 atom stereocenters. The minimum absolute atomic E-state index is 0.0411.